The average Bonchev–Trinajstić information content (AvgIpc) is 2.83. The maximum atomic E-state index is 4.37. The van der Waals surface area contributed by atoms with E-state index in [4.69, 9.17) is 0 Å². The predicted octanol–water partition coefficient (Wildman–Crippen LogP) is 2.75. The van der Waals surface area contributed by atoms with Gasteiger partial charge in [-0.15, -0.1) is 0 Å². The van der Waals surface area contributed by atoms with Gasteiger partial charge in [0.2, 0.25) is 0 Å². The molecule has 0 saturated carbocycles. The Kier molecular flexibility index (Phi) is 3.46. The van der Waals surface area contributed by atoms with Crippen molar-refractivity contribution >= 4 is 15.9 Å². The molecule has 19 heavy (non-hydrogen) atoms. The smallest absolute Gasteiger partial charge is 0.0522 e. The van der Waals surface area contributed by atoms with Crippen LogP contribution in [-0.2, 0) is 18.4 Å². The number of nitrogens with zero attached hydrogens (tertiary/aromatic N) is 2. The lowest BCUT2D eigenvalue weighted by Crippen LogP contribution is -2.58. The Hall–Kier alpha value is -1.13. The molecule has 100 valence electrons. The third-order valence-electron chi connectivity index (χ3n) is 3.94. The minimum absolute atomic E-state index is 0.238. The second-order valence-corrected chi connectivity index (χ2v) is 6.19. The summed E-state index contributed by atoms with van der Waals surface area (Å²) in [6.45, 7) is 5.15. The van der Waals surface area contributed by atoms with Crippen molar-refractivity contribution in [2.75, 3.05) is 13.1 Å². The molecule has 1 aliphatic rings. The zero-order valence-corrected chi connectivity index (χ0v) is 12.7. The maximum Gasteiger partial charge on any atom is 0.0522 e. The monoisotopic (exact) mass is 319 g/mol. The van der Waals surface area contributed by atoms with E-state index < -0.39 is 0 Å². The lowest BCUT2D eigenvalue weighted by Gasteiger charge is -2.43. The highest BCUT2D eigenvalue weighted by Gasteiger charge is 2.38. The van der Waals surface area contributed by atoms with Crippen molar-refractivity contribution in [2.24, 2.45) is 0 Å². The Morgan fingerprint density at radius 1 is 1.32 bits per heavy atom. The largest absolute Gasteiger partial charge is 0.315 e. The molecule has 4 heteroatoms. The number of aryl methyl sites for hydroxylation is 1. The van der Waals surface area contributed by atoms with Gasteiger partial charge in [0.25, 0.3) is 0 Å². The van der Waals surface area contributed by atoms with Crippen LogP contribution in [0.25, 0.3) is 0 Å². The van der Waals surface area contributed by atoms with Crippen LogP contribution in [0.1, 0.15) is 18.1 Å². The fourth-order valence-electron chi connectivity index (χ4n) is 2.72. The SMILES string of the molecule is CCn1cc(CC2(c3ccc(Br)cc3)CNC2)cn1. The number of halogens is 1. The summed E-state index contributed by atoms with van der Waals surface area (Å²) in [6.07, 6.45) is 5.23. The van der Waals surface area contributed by atoms with Crippen molar-refractivity contribution in [3.05, 3.63) is 52.3 Å². The lowest BCUT2D eigenvalue weighted by atomic mass is 9.71. The summed E-state index contributed by atoms with van der Waals surface area (Å²) in [6, 6.07) is 8.72. The molecule has 1 aromatic carbocycles. The van der Waals surface area contributed by atoms with E-state index in [1.54, 1.807) is 0 Å². The number of benzene rings is 1. The van der Waals surface area contributed by atoms with Gasteiger partial charge in [-0.1, -0.05) is 28.1 Å². The highest BCUT2D eigenvalue weighted by molar-refractivity contribution is 9.10. The van der Waals surface area contributed by atoms with Gasteiger partial charge in [-0.05, 0) is 36.6 Å². The molecule has 2 heterocycles. The highest BCUT2D eigenvalue weighted by Crippen LogP contribution is 2.33. The number of rotatable bonds is 4. The first-order valence-corrected chi connectivity index (χ1v) is 7.49. The fourth-order valence-corrected chi connectivity index (χ4v) is 2.99. The summed E-state index contributed by atoms with van der Waals surface area (Å²) in [5.74, 6) is 0. The van der Waals surface area contributed by atoms with E-state index in [1.165, 1.54) is 11.1 Å². The van der Waals surface area contributed by atoms with Crippen LogP contribution < -0.4 is 5.32 Å². The van der Waals surface area contributed by atoms with E-state index in [-0.39, 0.29) is 5.41 Å². The van der Waals surface area contributed by atoms with Gasteiger partial charge in [-0.25, -0.2) is 0 Å². The summed E-state index contributed by atoms with van der Waals surface area (Å²) >= 11 is 3.50. The molecule has 0 spiro atoms. The van der Waals surface area contributed by atoms with Gasteiger partial charge in [0.15, 0.2) is 0 Å². The van der Waals surface area contributed by atoms with E-state index in [1.807, 2.05) is 10.9 Å². The molecule has 0 radical (unpaired) electrons. The zero-order chi connectivity index (χ0) is 13.3. The molecule has 0 bridgehead atoms. The van der Waals surface area contributed by atoms with Crippen molar-refractivity contribution in [2.45, 2.75) is 25.3 Å². The molecule has 1 saturated heterocycles. The standard InChI is InChI=1S/C15H18BrN3/c1-2-19-9-12(8-18-19)7-15(10-17-11-15)13-3-5-14(16)6-4-13/h3-6,8-9,17H,2,7,10-11H2,1H3. The Balaban J connectivity index is 1.84. The van der Waals surface area contributed by atoms with Crippen LogP contribution in [0.5, 0.6) is 0 Å². The first-order valence-electron chi connectivity index (χ1n) is 6.70. The van der Waals surface area contributed by atoms with Crippen LogP contribution in [0.3, 0.4) is 0 Å². The molecule has 1 aliphatic heterocycles. The zero-order valence-electron chi connectivity index (χ0n) is 11.1. The minimum atomic E-state index is 0.238. The quantitative estimate of drug-likeness (QED) is 0.939. The first-order chi connectivity index (χ1) is 9.22. The average molecular weight is 320 g/mol. The Labute approximate surface area is 122 Å². The van der Waals surface area contributed by atoms with Gasteiger partial charge in [-0.2, -0.15) is 5.10 Å². The molecule has 3 rings (SSSR count). The van der Waals surface area contributed by atoms with E-state index in [0.29, 0.717) is 0 Å². The van der Waals surface area contributed by atoms with Gasteiger partial charge in [0, 0.05) is 35.7 Å². The van der Waals surface area contributed by atoms with Gasteiger partial charge in [-0.3, -0.25) is 4.68 Å². The van der Waals surface area contributed by atoms with Crippen molar-refractivity contribution in [1.29, 1.82) is 0 Å². The highest BCUT2D eigenvalue weighted by atomic mass is 79.9. The molecule has 0 amide bonds. The number of aromatic nitrogens is 2. The Bertz CT molecular complexity index is 555. The summed E-state index contributed by atoms with van der Waals surface area (Å²) < 4.78 is 3.13. The fraction of sp³-hybridized carbons (Fsp3) is 0.400. The van der Waals surface area contributed by atoms with Crippen LogP contribution in [0, 0.1) is 0 Å². The molecule has 0 aliphatic carbocycles. The molecular weight excluding hydrogens is 302 g/mol. The lowest BCUT2D eigenvalue weighted by molar-refractivity contribution is 0.274. The summed E-state index contributed by atoms with van der Waals surface area (Å²) in [5.41, 5.74) is 2.98. The molecule has 1 aromatic heterocycles. The molecule has 1 N–H and O–H groups in total. The van der Waals surface area contributed by atoms with Crippen LogP contribution >= 0.6 is 15.9 Å². The number of hydrogen-bond acceptors (Lipinski definition) is 2. The third-order valence-corrected chi connectivity index (χ3v) is 4.47. The van der Waals surface area contributed by atoms with Crippen LogP contribution in [0.15, 0.2) is 41.1 Å². The predicted molar refractivity (Wildman–Crippen MR) is 80.3 cm³/mol. The van der Waals surface area contributed by atoms with Gasteiger partial charge >= 0.3 is 0 Å². The maximum absolute atomic E-state index is 4.37. The molecule has 0 atom stereocenters. The summed E-state index contributed by atoms with van der Waals surface area (Å²) in [4.78, 5) is 0. The number of nitrogens with one attached hydrogen (secondary N) is 1. The van der Waals surface area contributed by atoms with E-state index in [0.717, 1.165) is 30.5 Å². The van der Waals surface area contributed by atoms with Gasteiger partial charge < -0.3 is 5.32 Å². The molecular formula is C15H18BrN3. The van der Waals surface area contributed by atoms with Gasteiger partial charge in [0.05, 0.1) is 6.20 Å². The molecule has 0 unspecified atom stereocenters. The third kappa shape index (κ3) is 2.47. The first kappa shape index (κ1) is 12.9. The topological polar surface area (TPSA) is 29.9 Å². The Morgan fingerprint density at radius 3 is 2.58 bits per heavy atom. The van der Waals surface area contributed by atoms with Crippen molar-refractivity contribution in [3.63, 3.8) is 0 Å². The van der Waals surface area contributed by atoms with E-state index in [2.05, 4.69) is 63.7 Å². The van der Waals surface area contributed by atoms with Crippen molar-refractivity contribution in [1.82, 2.24) is 15.1 Å². The number of hydrogen-bond donors (Lipinski definition) is 1. The molecule has 2 aromatic rings. The van der Waals surface area contributed by atoms with Crippen molar-refractivity contribution < 1.29 is 0 Å². The Morgan fingerprint density at radius 2 is 2.05 bits per heavy atom. The van der Waals surface area contributed by atoms with Crippen LogP contribution in [-0.4, -0.2) is 22.9 Å². The summed E-state index contributed by atoms with van der Waals surface area (Å²) in [7, 11) is 0. The molecule has 3 nitrogen and oxygen atoms in total. The van der Waals surface area contributed by atoms with Crippen LogP contribution in [0.4, 0.5) is 0 Å². The van der Waals surface area contributed by atoms with E-state index in [9.17, 15) is 0 Å². The van der Waals surface area contributed by atoms with E-state index >= 15 is 0 Å². The van der Waals surface area contributed by atoms with Gasteiger partial charge in [0.1, 0.15) is 0 Å². The normalized spacial score (nSPS) is 17.2. The second-order valence-electron chi connectivity index (χ2n) is 5.27. The summed E-state index contributed by atoms with van der Waals surface area (Å²) in [5, 5.41) is 7.79. The molecule has 1 fully saturated rings. The van der Waals surface area contributed by atoms with Crippen molar-refractivity contribution in [3.8, 4) is 0 Å². The minimum Gasteiger partial charge on any atom is -0.315 e. The van der Waals surface area contributed by atoms with Crippen LogP contribution in [0.2, 0.25) is 0 Å². The second kappa shape index (κ2) is 5.10.